The van der Waals surface area contributed by atoms with Gasteiger partial charge >= 0.3 is 0 Å². The first kappa shape index (κ1) is 20.8. The van der Waals surface area contributed by atoms with E-state index in [2.05, 4.69) is 38.2 Å². The molecular weight excluding hydrogens is 338 g/mol. The highest BCUT2D eigenvalue weighted by atomic mass is 16.5. The number of benzene rings is 2. The predicted octanol–water partition coefficient (Wildman–Crippen LogP) is 4.56. The van der Waals surface area contributed by atoms with Gasteiger partial charge in [-0.05, 0) is 55.5 Å². The molecule has 0 aliphatic heterocycles. The number of rotatable bonds is 7. The fourth-order valence-electron chi connectivity index (χ4n) is 2.71. The maximum atomic E-state index is 12.2. The number of hydrogen-bond acceptors (Lipinski definition) is 3. The van der Waals surface area contributed by atoms with E-state index in [0.29, 0.717) is 13.2 Å². The number of amides is 1. The first-order valence-electron chi connectivity index (χ1n) is 9.42. The van der Waals surface area contributed by atoms with Gasteiger partial charge in [-0.2, -0.15) is 0 Å². The summed E-state index contributed by atoms with van der Waals surface area (Å²) in [6.45, 7) is 13.1. The Labute approximate surface area is 162 Å². The van der Waals surface area contributed by atoms with E-state index in [-0.39, 0.29) is 11.3 Å². The van der Waals surface area contributed by atoms with Crippen LogP contribution in [-0.2, 0) is 10.2 Å². The molecule has 4 nitrogen and oxygen atoms in total. The molecule has 0 radical (unpaired) electrons. The molecule has 2 aromatic rings. The molecule has 0 saturated heterocycles. The Balaban J connectivity index is 1.75. The summed E-state index contributed by atoms with van der Waals surface area (Å²) in [5, 5.41) is 2.85. The fraction of sp³-hybridized carbons (Fsp3) is 0.435. The minimum Gasteiger partial charge on any atom is -0.492 e. The second-order valence-corrected chi connectivity index (χ2v) is 7.94. The van der Waals surface area contributed by atoms with Crippen molar-refractivity contribution in [3.63, 3.8) is 0 Å². The van der Waals surface area contributed by atoms with Crippen LogP contribution >= 0.6 is 0 Å². The summed E-state index contributed by atoms with van der Waals surface area (Å²) in [7, 11) is 0. The van der Waals surface area contributed by atoms with Crippen LogP contribution in [0.5, 0.6) is 11.5 Å². The Morgan fingerprint density at radius 3 is 2.33 bits per heavy atom. The number of nitrogens with one attached hydrogen (secondary N) is 1. The van der Waals surface area contributed by atoms with Gasteiger partial charge in [0.2, 0.25) is 0 Å². The van der Waals surface area contributed by atoms with Crippen LogP contribution < -0.4 is 14.8 Å². The predicted molar refractivity (Wildman–Crippen MR) is 110 cm³/mol. The summed E-state index contributed by atoms with van der Waals surface area (Å²) in [5.74, 6) is 1.39. The Kier molecular flexibility index (Phi) is 6.89. The zero-order chi connectivity index (χ0) is 20.0. The van der Waals surface area contributed by atoms with Crippen LogP contribution in [0.15, 0.2) is 42.5 Å². The number of ether oxygens (including phenoxy) is 2. The van der Waals surface area contributed by atoms with Gasteiger partial charge in [0.25, 0.3) is 5.91 Å². The summed E-state index contributed by atoms with van der Waals surface area (Å²) < 4.78 is 11.5. The van der Waals surface area contributed by atoms with Gasteiger partial charge < -0.3 is 14.8 Å². The lowest BCUT2D eigenvalue weighted by Gasteiger charge is -2.19. The zero-order valence-corrected chi connectivity index (χ0v) is 17.3. The van der Waals surface area contributed by atoms with E-state index >= 15 is 0 Å². The van der Waals surface area contributed by atoms with Gasteiger partial charge in [-0.3, -0.25) is 4.79 Å². The molecular formula is C23H31NO3. The van der Waals surface area contributed by atoms with Crippen LogP contribution in [-0.4, -0.2) is 25.2 Å². The molecule has 0 spiro atoms. The van der Waals surface area contributed by atoms with Crippen molar-refractivity contribution in [2.75, 3.05) is 13.2 Å². The highest BCUT2D eigenvalue weighted by molar-refractivity contribution is 5.80. The largest absolute Gasteiger partial charge is 0.492 e. The van der Waals surface area contributed by atoms with E-state index in [1.165, 1.54) is 11.1 Å². The van der Waals surface area contributed by atoms with Crippen molar-refractivity contribution in [3.8, 4) is 11.5 Å². The molecule has 0 fully saturated rings. The van der Waals surface area contributed by atoms with E-state index in [1.54, 1.807) is 6.92 Å². The van der Waals surface area contributed by atoms with Gasteiger partial charge in [0, 0.05) is 0 Å². The van der Waals surface area contributed by atoms with Gasteiger partial charge in [0.05, 0.1) is 6.54 Å². The van der Waals surface area contributed by atoms with Gasteiger partial charge in [-0.25, -0.2) is 0 Å². The SMILES string of the molecule is Cc1ccc(O[C@H](C)C(=O)NCCOc2ccc(C(C)(C)C)cc2)c(C)c1. The standard InChI is InChI=1S/C23H31NO3/c1-16-7-12-21(17(2)15-16)27-18(3)22(25)24-13-14-26-20-10-8-19(9-11-20)23(4,5)6/h7-12,15,18H,13-14H2,1-6H3,(H,24,25)/t18-/m1/s1. The first-order chi connectivity index (χ1) is 12.7. The van der Waals surface area contributed by atoms with E-state index in [4.69, 9.17) is 9.47 Å². The van der Waals surface area contributed by atoms with E-state index in [0.717, 1.165) is 17.1 Å². The zero-order valence-electron chi connectivity index (χ0n) is 17.3. The van der Waals surface area contributed by atoms with E-state index in [1.807, 2.05) is 44.2 Å². The highest BCUT2D eigenvalue weighted by Gasteiger charge is 2.15. The third-order valence-corrected chi connectivity index (χ3v) is 4.39. The molecule has 1 amide bonds. The Bertz CT molecular complexity index is 760. The lowest BCUT2D eigenvalue weighted by molar-refractivity contribution is -0.127. The maximum Gasteiger partial charge on any atom is 0.260 e. The minimum absolute atomic E-state index is 0.123. The van der Waals surface area contributed by atoms with Crippen molar-refractivity contribution in [2.24, 2.45) is 0 Å². The molecule has 27 heavy (non-hydrogen) atoms. The number of aryl methyl sites for hydroxylation is 2. The van der Waals surface area contributed by atoms with Crippen molar-refractivity contribution in [3.05, 3.63) is 59.2 Å². The van der Waals surface area contributed by atoms with E-state index < -0.39 is 6.10 Å². The average molecular weight is 370 g/mol. The highest BCUT2D eigenvalue weighted by Crippen LogP contribution is 2.24. The van der Waals surface area contributed by atoms with Crippen molar-refractivity contribution >= 4 is 5.91 Å². The molecule has 0 heterocycles. The lowest BCUT2D eigenvalue weighted by Crippen LogP contribution is -2.38. The molecule has 2 rings (SSSR count). The summed E-state index contributed by atoms with van der Waals surface area (Å²) in [6, 6.07) is 14.0. The molecule has 146 valence electrons. The Morgan fingerprint density at radius 1 is 1.07 bits per heavy atom. The van der Waals surface area contributed by atoms with Gasteiger partial charge in [0.15, 0.2) is 6.10 Å². The quantitative estimate of drug-likeness (QED) is 0.728. The van der Waals surface area contributed by atoms with Gasteiger partial charge in [-0.15, -0.1) is 0 Å². The molecule has 0 unspecified atom stereocenters. The molecule has 1 N–H and O–H groups in total. The summed E-state index contributed by atoms with van der Waals surface area (Å²) in [6.07, 6.45) is -0.558. The number of carbonyl (C=O) groups excluding carboxylic acids is 1. The van der Waals surface area contributed by atoms with Crippen LogP contribution in [0.3, 0.4) is 0 Å². The van der Waals surface area contributed by atoms with E-state index in [9.17, 15) is 4.79 Å². The molecule has 4 heteroatoms. The molecule has 0 bridgehead atoms. The average Bonchev–Trinajstić information content (AvgIpc) is 2.60. The smallest absolute Gasteiger partial charge is 0.260 e. The third-order valence-electron chi connectivity index (χ3n) is 4.39. The maximum absolute atomic E-state index is 12.2. The molecule has 0 aliphatic carbocycles. The van der Waals surface area contributed by atoms with Crippen LogP contribution in [0.1, 0.15) is 44.4 Å². The van der Waals surface area contributed by atoms with Crippen LogP contribution in [0.25, 0.3) is 0 Å². The minimum atomic E-state index is -0.558. The van der Waals surface area contributed by atoms with Crippen LogP contribution in [0.4, 0.5) is 0 Å². The van der Waals surface area contributed by atoms with Gasteiger partial charge in [-0.1, -0.05) is 50.6 Å². The van der Waals surface area contributed by atoms with Crippen molar-refractivity contribution in [2.45, 2.75) is 53.1 Å². The first-order valence-corrected chi connectivity index (χ1v) is 9.42. The molecule has 0 aliphatic rings. The Hall–Kier alpha value is -2.49. The summed E-state index contributed by atoms with van der Waals surface area (Å²) in [5.41, 5.74) is 3.58. The summed E-state index contributed by atoms with van der Waals surface area (Å²) >= 11 is 0. The van der Waals surface area contributed by atoms with Gasteiger partial charge in [0.1, 0.15) is 18.1 Å². The monoisotopic (exact) mass is 369 g/mol. The van der Waals surface area contributed by atoms with Crippen molar-refractivity contribution in [1.82, 2.24) is 5.32 Å². The molecule has 0 aromatic heterocycles. The second-order valence-electron chi connectivity index (χ2n) is 7.94. The summed E-state index contributed by atoms with van der Waals surface area (Å²) in [4.78, 5) is 12.2. The third kappa shape index (κ3) is 6.31. The van der Waals surface area contributed by atoms with Crippen LogP contribution in [0, 0.1) is 13.8 Å². The second kappa shape index (κ2) is 8.94. The number of hydrogen-bond donors (Lipinski definition) is 1. The van der Waals surface area contributed by atoms with Crippen molar-refractivity contribution < 1.29 is 14.3 Å². The Morgan fingerprint density at radius 2 is 1.74 bits per heavy atom. The van der Waals surface area contributed by atoms with Crippen molar-refractivity contribution in [1.29, 1.82) is 0 Å². The molecule has 1 atom stereocenters. The molecule has 2 aromatic carbocycles. The normalized spacial score (nSPS) is 12.4. The lowest BCUT2D eigenvalue weighted by atomic mass is 9.87. The molecule has 0 saturated carbocycles. The topological polar surface area (TPSA) is 47.6 Å². The number of carbonyl (C=O) groups is 1. The fourth-order valence-corrected chi connectivity index (χ4v) is 2.71. The van der Waals surface area contributed by atoms with Crippen LogP contribution in [0.2, 0.25) is 0 Å².